The van der Waals surface area contributed by atoms with Crippen molar-refractivity contribution in [2.24, 2.45) is 0 Å². The number of hydrogen-bond acceptors (Lipinski definition) is 5. The highest BCUT2D eigenvalue weighted by atomic mass is 32.2. The van der Waals surface area contributed by atoms with Crippen molar-refractivity contribution in [3.63, 3.8) is 0 Å². The number of thioether (sulfide) groups is 1. The predicted molar refractivity (Wildman–Crippen MR) is 65.0 cm³/mol. The van der Waals surface area contributed by atoms with Crippen molar-refractivity contribution in [1.29, 1.82) is 0 Å². The van der Waals surface area contributed by atoms with Gasteiger partial charge in [-0.05, 0) is 25.2 Å². The maximum atomic E-state index is 5.58. The number of hydrogen-bond donors (Lipinski definition) is 2. The molecule has 0 atom stereocenters. The van der Waals surface area contributed by atoms with Crippen LogP contribution in [-0.4, -0.2) is 27.5 Å². The Balaban J connectivity index is 1.92. The fourth-order valence-corrected chi connectivity index (χ4v) is 2.64. The Kier molecular flexibility index (Phi) is 3.00. The minimum atomic E-state index is 0.397. The van der Waals surface area contributed by atoms with E-state index in [1.807, 2.05) is 11.8 Å². The molecule has 0 bridgehead atoms. The van der Waals surface area contributed by atoms with Gasteiger partial charge in [0.2, 0.25) is 5.95 Å². The van der Waals surface area contributed by atoms with Gasteiger partial charge < -0.3 is 11.1 Å². The predicted octanol–water partition coefficient (Wildman–Crippen LogP) is 1.76. The lowest BCUT2D eigenvalue weighted by molar-refractivity contribution is 0.379. The summed E-state index contributed by atoms with van der Waals surface area (Å²) in [7, 11) is 0. The van der Waals surface area contributed by atoms with Gasteiger partial charge in [0.15, 0.2) is 0 Å². The summed E-state index contributed by atoms with van der Waals surface area (Å²) in [5.74, 6) is 1.15. The Morgan fingerprint density at radius 3 is 2.93 bits per heavy atom. The molecule has 1 aliphatic carbocycles. The molecule has 4 nitrogen and oxygen atoms in total. The van der Waals surface area contributed by atoms with Crippen molar-refractivity contribution in [2.75, 3.05) is 23.9 Å². The van der Waals surface area contributed by atoms with Gasteiger partial charge in [0.1, 0.15) is 5.82 Å². The molecule has 1 aliphatic rings. The molecular weight excluding hydrogens is 208 g/mol. The second-order valence-electron chi connectivity index (χ2n) is 3.90. The van der Waals surface area contributed by atoms with Crippen molar-refractivity contribution in [3.05, 3.63) is 12.3 Å². The van der Waals surface area contributed by atoms with E-state index < -0.39 is 0 Å². The zero-order chi connectivity index (χ0) is 10.7. The van der Waals surface area contributed by atoms with Crippen LogP contribution in [0.3, 0.4) is 0 Å². The highest BCUT2D eigenvalue weighted by Crippen LogP contribution is 2.42. The van der Waals surface area contributed by atoms with Crippen molar-refractivity contribution in [3.8, 4) is 0 Å². The molecule has 1 aromatic heterocycles. The normalized spacial score (nSPS) is 18.2. The van der Waals surface area contributed by atoms with Gasteiger partial charge >= 0.3 is 0 Å². The summed E-state index contributed by atoms with van der Waals surface area (Å²) in [6, 6.07) is 1.69. The van der Waals surface area contributed by atoms with Gasteiger partial charge in [0.25, 0.3) is 0 Å². The molecule has 15 heavy (non-hydrogen) atoms. The van der Waals surface area contributed by atoms with Crippen LogP contribution in [-0.2, 0) is 0 Å². The zero-order valence-corrected chi connectivity index (χ0v) is 9.68. The Labute approximate surface area is 94.1 Å². The Morgan fingerprint density at radius 1 is 1.60 bits per heavy atom. The number of nitrogen functional groups attached to an aromatic ring is 1. The molecule has 0 unspecified atom stereocenters. The minimum Gasteiger partial charge on any atom is -0.384 e. The molecule has 0 aliphatic heterocycles. The lowest BCUT2D eigenvalue weighted by atomic mass is 9.84. The number of nitrogens with zero attached hydrogens (tertiary/aromatic N) is 2. The van der Waals surface area contributed by atoms with Crippen molar-refractivity contribution in [1.82, 2.24) is 9.97 Å². The summed E-state index contributed by atoms with van der Waals surface area (Å²) in [4.78, 5) is 8.24. The summed E-state index contributed by atoms with van der Waals surface area (Å²) < 4.78 is 0.397. The van der Waals surface area contributed by atoms with Gasteiger partial charge in [-0.1, -0.05) is 6.42 Å². The number of nitrogens with one attached hydrogen (secondary N) is 1. The van der Waals surface area contributed by atoms with Gasteiger partial charge in [-0.25, -0.2) is 4.98 Å². The van der Waals surface area contributed by atoms with Crippen LogP contribution >= 0.6 is 11.8 Å². The Bertz CT molecular complexity index is 332. The van der Waals surface area contributed by atoms with Crippen LogP contribution in [0.25, 0.3) is 0 Å². The monoisotopic (exact) mass is 224 g/mol. The van der Waals surface area contributed by atoms with E-state index in [2.05, 4.69) is 21.5 Å². The molecule has 0 aromatic carbocycles. The molecule has 2 rings (SSSR count). The molecule has 0 saturated heterocycles. The van der Waals surface area contributed by atoms with Crippen LogP contribution < -0.4 is 11.1 Å². The lowest BCUT2D eigenvalue weighted by Crippen LogP contribution is -2.40. The molecule has 0 spiro atoms. The number of anilines is 2. The molecule has 82 valence electrons. The quantitative estimate of drug-likeness (QED) is 0.816. The second kappa shape index (κ2) is 4.26. The van der Waals surface area contributed by atoms with Crippen LogP contribution in [0, 0.1) is 0 Å². The van der Waals surface area contributed by atoms with Gasteiger partial charge in [-0.15, -0.1) is 0 Å². The van der Waals surface area contributed by atoms with Crippen LogP contribution in [0.4, 0.5) is 11.8 Å². The van der Waals surface area contributed by atoms with E-state index in [0.29, 0.717) is 16.5 Å². The molecule has 1 heterocycles. The largest absolute Gasteiger partial charge is 0.384 e. The Morgan fingerprint density at radius 2 is 2.40 bits per heavy atom. The standard InChI is InChI=1S/C10H16N4S/c1-15-10(4-2-5-10)7-13-9-12-6-3-8(11)14-9/h3,6H,2,4-5,7H2,1H3,(H3,11,12,13,14). The summed E-state index contributed by atoms with van der Waals surface area (Å²) in [5.41, 5.74) is 5.58. The van der Waals surface area contributed by atoms with Crippen molar-refractivity contribution >= 4 is 23.5 Å². The molecule has 3 N–H and O–H groups in total. The molecule has 0 amide bonds. The molecule has 1 saturated carbocycles. The maximum Gasteiger partial charge on any atom is 0.224 e. The third-order valence-corrected chi connectivity index (χ3v) is 4.36. The molecule has 5 heteroatoms. The van der Waals surface area contributed by atoms with E-state index in [0.717, 1.165) is 6.54 Å². The van der Waals surface area contributed by atoms with E-state index >= 15 is 0 Å². The van der Waals surface area contributed by atoms with E-state index in [9.17, 15) is 0 Å². The molecule has 1 fully saturated rings. The van der Waals surface area contributed by atoms with Gasteiger partial charge in [-0.2, -0.15) is 16.7 Å². The molecule has 1 aromatic rings. The SMILES string of the molecule is CSC1(CNc2nccc(N)n2)CCC1. The van der Waals surface area contributed by atoms with Gasteiger partial charge in [-0.3, -0.25) is 0 Å². The summed E-state index contributed by atoms with van der Waals surface area (Å²) >= 11 is 1.93. The lowest BCUT2D eigenvalue weighted by Gasteiger charge is -2.40. The van der Waals surface area contributed by atoms with Crippen LogP contribution in [0.1, 0.15) is 19.3 Å². The first-order chi connectivity index (χ1) is 7.24. The molecular formula is C10H16N4S. The average molecular weight is 224 g/mol. The van der Waals surface area contributed by atoms with Crippen LogP contribution in [0.5, 0.6) is 0 Å². The first-order valence-corrected chi connectivity index (χ1v) is 6.34. The second-order valence-corrected chi connectivity index (χ2v) is 5.17. The maximum absolute atomic E-state index is 5.58. The Hall–Kier alpha value is -0.970. The summed E-state index contributed by atoms with van der Waals surface area (Å²) in [6.07, 6.45) is 7.74. The van der Waals surface area contributed by atoms with E-state index in [4.69, 9.17) is 5.73 Å². The summed E-state index contributed by atoms with van der Waals surface area (Å²) in [5, 5.41) is 3.26. The van der Waals surface area contributed by atoms with Crippen LogP contribution in [0.2, 0.25) is 0 Å². The summed E-state index contributed by atoms with van der Waals surface area (Å²) in [6.45, 7) is 0.928. The number of rotatable bonds is 4. The first-order valence-electron chi connectivity index (χ1n) is 5.12. The van der Waals surface area contributed by atoms with E-state index in [1.165, 1.54) is 19.3 Å². The van der Waals surface area contributed by atoms with Crippen molar-refractivity contribution < 1.29 is 0 Å². The smallest absolute Gasteiger partial charge is 0.224 e. The highest BCUT2D eigenvalue weighted by Gasteiger charge is 2.35. The van der Waals surface area contributed by atoms with Gasteiger partial charge in [0.05, 0.1) is 0 Å². The number of aromatic nitrogens is 2. The third kappa shape index (κ3) is 2.34. The van der Waals surface area contributed by atoms with Crippen LogP contribution in [0.15, 0.2) is 12.3 Å². The third-order valence-electron chi connectivity index (χ3n) is 2.94. The highest BCUT2D eigenvalue weighted by molar-refractivity contribution is 8.00. The van der Waals surface area contributed by atoms with Gasteiger partial charge in [0, 0.05) is 17.5 Å². The molecule has 0 radical (unpaired) electrons. The fraction of sp³-hybridized carbons (Fsp3) is 0.600. The van der Waals surface area contributed by atoms with E-state index in [-0.39, 0.29) is 0 Å². The van der Waals surface area contributed by atoms with Crippen molar-refractivity contribution in [2.45, 2.75) is 24.0 Å². The average Bonchev–Trinajstić information content (AvgIpc) is 2.17. The topological polar surface area (TPSA) is 63.8 Å². The minimum absolute atomic E-state index is 0.397. The number of nitrogens with two attached hydrogens (primary N) is 1. The fourth-order valence-electron chi connectivity index (χ4n) is 1.72. The zero-order valence-electron chi connectivity index (χ0n) is 8.86. The van der Waals surface area contributed by atoms with E-state index in [1.54, 1.807) is 12.3 Å². The first kappa shape index (κ1) is 10.5.